The number of aliphatic hydroxyl groups excluding tert-OH is 1. The van der Waals surface area contributed by atoms with Gasteiger partial charge in [-0.2, -0.15) is 0 Å². The normalized spacial score (nSPS) is 10.6. The lowest BCUT2D eigenvalue weighted by Gasteiger charge is -2.13. The second-order valence-electron chi connectivity index (χ2n) is 5.08. The molecule has 0 heterocycles. The summed E-state index contributed by atoms with van der Waals surface area (Å²) in [5.41, 5.74) is -1.99. The highest BCUT2D eigenvalue weighted by molar-refractivity contribution is 5.98. The van der Waals surface area contributed by atoms with Crippen molar-refractivity contribution in [2.45, 2.75) is 0 Å². The van der Waals surface area contributed by atoms with Crippen LogP contribution in [0.15, 0.2) is 29.4 Å². The molecule has 27 heavy (non-hydrogen) atoms. The van der Waals surface area contributed by atoms with Crippen molar-refractivity contribution >= 4 is 23.6 Å². The number of carboxylic acids is 1. The van der Waals surface area contributed by atoms with Gasteiger partial charge in [0.1, 0.15) is 12.4 Å². The van der Waals surface area contributed by atoms with E-state index in [-0.39, 0.29) is 24.5 Å². The van der Waals surface area contributed by atoms with Crippen LogP contribution in [-0.4, -0.2) is 35.6 Å². The zero-order chi connectivity index (χ0) is 20.0. The van der Waals surface area contributed by atoms with Gasteiger partial charge >= 0.3 is 5.97 Å². The molecule has 0 saturated carbocycles. The molecule has 3 N–H and O–H groups in total. The van der Waals surface area contributed by atoms with E-state index < -0.39 is 40.2 Å². The summed E-state index contributed by atoms with van der Waals surface area (Å²) >= 11 is 0. The molecule has 0 aliphatic heterocycles. The van der Waals surface area contributed by atoms with Gasteiger partial charge in [0.05, 0.1) is 29.8 Å². The highest BCUT2D eigenvalue weighted by Crippen LogP contribution is 2.30. The van der Waals surface area contributed by atoms with E-state index >= 15 is 0 Å². The summed E-state index contributed by atoms with van der Waals surface area (Å²) in [5, 5.41) is 23.4. The van der Waals surface area contributed by atoms with E-state index in [1.54, 1.807) is 0 Å². The SMILES string of the molecule is C#Cc1ccc(Nc2c(C(=O)O)cc(/C=N/OCCO)c(F)c2F)c(F)c1. The highest BCUT2D eigenvalue weighted by atomic mass is 19.2. The molecule has 0 aliphatic carbocycles. The lowest BCUT2D eigenvalue weighted by Crippen LogP contribution is -2.10. The maximum atomic E-state index is 14.4. The summed E-state index contributed by atoms with van der Waals surface area (Å²) in [5.74, 6) is -3.20. The Bertz CT molecular complexity index is 939. The van der Waals surface area contributed by atoms with Crippen molar-refractivity contribution in [3.63, 3.8) is 0 Å². The Balaban J connectivity index is 2.47. The first kappa shape index (κ1) is 19.8. The Morgan fingerprint density at radius 2 is 2.04 bits per heavy atom. The van der Waals surface area contributed by atoms with Crippen LogP contribution in [0.5, 0.6) is 0 Å². The number of carbonyl (C=O) groups is 1. The molecule has 0 bridgehead atoms. The van der Waals surface area contributed by atoms with Gasteiger partial charge in [-0.1, -0.05) is 11.1 Å². The van der Waals surface area contributed by atoms with Crippen LogP contribution in [0.1, 0.15) is 21.5 Å². The lowest BCUT2D eigenvalue weighted by molar-refractivity contribution is 0.0697. The van der Waals surface area contributed by atoms with Gasteiger partial charge in [-0.3, -0.25) is 0 Å². The molecule has 9 heteroatoms. The van der Waals surface area contributed by atoms with Crippen LogP contribution in [0.4, 0.5) is 24.5 Å². The minimum absolute atomic E-state index is 0.182. The van der Waals surface area contributed by atoms with Crippen LogP contribution in [0, 0.1) is 29.8 Å². The van der Waals surface area contributed by atoms with Crippen molar-refractivity contribution < 1.29 is 33.0 Å². The first-order valence-electron chi connectivity index (χ1n) is 7.43. The smallest absolute Gasteiger partial charge is 0.337 e. The number of oxime groups is 1. The predicted molar refractivity (Wildman–Crippen MR) is 91.6 cm³/mol. The van der Waals surface area contributed by atoms with Crippen molar-refractivity contribution in [2.24, 2.45) is 5.16 Å². The van der Waals surface area contributed by atoms with Crippen molar-refractivity contribution in [2.75, 3.05) is 18.5 Å². The number of hydrogen-bond acceptors (Lipinski definition) is 5. The molecule has 140 valence electrons. The molecular weight excluding hydrogens is 365 g/mol. The summed E-state index contributed by atoms with van der Waals surface area (Å²) in [6.45, 7) is -0.527. The molecule has 0 aliphatic rings. The topological polar surface area (TPSA) is 91.2 Å². The van der Waals surface area contributed by atoms with Gasteiger partial charge in [-0.15, -0.1) is 6.42 Å². The number of terminal acetylenes is 1. The first-order chi connectivity index (χ1) is 12.9. The summed E-state index contributed by atoms with van der Waals surface area (Å²) in [4.78, 5) is 16.0. The molecule has 0 amide bonds. The third kappa shape index (κ3) is 4.56. The molecule has 0 spiro atoms. The Labute approximate surface area is 151 Å². The maximum absolute atomic E-state index is 14.4. The van der Waals surface area contributed by atoms with E-state index in [2.05, 4.69) is 21.2 Å². The summed E-state index contributed by atoms with van der Waals surface area (Å²) in [6, 6.07) is 4.31. The summed E-state index contributed by atoms with van der Waals surface area (Å²) < 4.78 is 42.7. The Morgan fingerprint density at radius 3 is 2.63 bits per heavy atom. The Morgan fingerprint density at radius 1 is 1.30 bits per heavy atom. The van der Waals surface area contributed by atoms with E-state index in [1.165, 1.54) is 12.1 Å². The second-order valence-corrected chi connectivity index (χ2v) is 5.08. The third-order valence-corrected chi connectivity index (χ3v) is 3.31. The quantitative estimate of drug-likeness (QED) is 0.298. The molecule has 2 rings (SSSR count). The largest absolute Gasteiger partial charge is 0.478 e. The van der Waals surface area contributed by atoms with Crippen LogP contribution in [-0.2, 0) is 4.84 Å². The number of nitrogens with one attached hydrogen (secondary N) is 1. The zero-order valence-electron chi connectivity index (χ0n) is 13.7. The fourth-order valence-corrected chi connectivity index (χ4v) is 2.06. The molecule has 0 aromatic heterocycles. The van der Waals surface area contributed by atoms with E-state index in [1.807, 2.05) is 0 Å². The molecule has 2 aromatic rings. The molecule has 2 aromatic carbocycles. The number of anilines is 2. The van der Waals surface area contributed by atoms with Gasteiger partial charge in [0.15, 0.2) is 11.6 Å². The third-order valence-electron chi connectivity index (χ3n) is 3.31. The number of carboxylic acid groups (broad SMARTS) is 1. The zero-order valence-corrected chi connectivity index (χ0v) is 13.7. The number of hydrogen-bond donors (Lipinski definition) is 3. The second kappa shape index (κ2) is 8.73. The van der Waals surface area contributed by atoms with Crippen LogP contribution in [0.2, 0.25) is 0 Å². The highest BCUT2D eigenvalue weighted by Gasteiger charge is 2.23. The Hall–Kier alpha value is -3.51. The van der Waals surface area contributed by atoms with E-state index in [9.17, 15) is 23.1 Å². The summed E-state index contributed by atoms with van der Waals surface area (Å²) in [6.07, 6.45) is 5.90. The van der Waals surface area contributed by atoms with E-state index in [0.29, 0.717) is 0 Å². The molecule has 0 saturated heterocycles. The molecular formula is C18H13F3N2O4. The van der Waals surface area contributed by atoms with Crippen molar-refractivity contribution in [3.8, 4) is 12.3 Å². The minimum Gasteiger partial charge on any atom is -0.478 e. The van der Waals surface area contributed by atoms with Gasteiger partial charge < -0.3 is 20.4 Å². The number of halogens is 3. The first-order valence-corrected chi connectivity index (χ1v) is 7.43. The average molecular weight is 378 g/mol. The van der Waals surface area contributed by atoms with Crippen molar-refractivity contribution in [1.82, 2.24) is 0 Å². The van der Waals surface area contributed by atoms with E-state index in [4.69, 9.17) is 11.5 Å². The number of rotatable bonds is 7. The average Bonchev–Trinajstić information content (AvgIpc) is 2.65. The molecule has 0 atom stereocenters. The Kier molecular flexibility index (Phi) is 6.41. The standard InChI is InChI=1S/C18H13F3N2O4/c1-2-10-3-4-14(13(19)7-10)23-17-12(18(25)26)8-11(15(20)16(17)21)9-22-27-6-5-24/h1,3-4,7-9,23-24H,5-6H2,(H,25,26)/b22-9+. The molecule has 0 unspecified atom stereocenters. The monoisotopic (exact) mass is 378 g/mol. The van der Waals surface area contributed by atoms with Crippen LogP contribution >= 0.6 is 0 Å². The van der Waals surface area contributed by atoms with Crippen molar-refractivity contribution in [3.05, 3.63) is 58.4 Å². The molecule has 0 radical (unpaired) electrons. The fraction of sp³-hybridized carbons (Fsp3) is 0.111. The predicted octanol–water partition coefficient (Wildman–Crippen LogP) is 2.87. The fourth-order valence-electron chi connectivity index (χ4n) is 2.06. The maximum Gasteiger partial charge on any atom is 0.337 e. The van der Waals surface area contributed by atoms with Crippen LogP contribution < -0.4 is 5.32 Å². The summed E-state index contributed by atoms with van der Waals surface area (Å²) in [7, 11) is 0. The van der Waals surface area contributed by atoms with Gasteiger partial charge in [-0.25, -0.2) is 18.0 Å². The number of aromatic carboxylic acids is 1. The van der Waals surface area contributed by atoms with Crippen LogP contribution in [0.3, 0.4) is 0 Å². The van der Waals surface area contributed by atoms with Gasteiger partial charge in [-0.05, 0) is 24.3 Å². The molecule has 6 nitrogen and oxygen atoms in total. The molecule has 0 fully saturated rings. The lowest BCUT2D eigenvalue weighted by atomic mass is 10.1. The number of nitrogens with zero attached hydrogens (tertiary/aromatic N) is 1. The minimum atomic E-state index is -1.58. The number of benzene rings is 2. The van der Waals surface area contributed by atoms with Gasteiger partial charge in [0.2, 0.25) is 0 Å². The van der Waals surface area contributed by atoms with Gasteiger partial charge in [0.25, 0.3) is 0 Å². The van der Waals surface area contributed by atoms with Gasteiger partial charge in [0, 0.05) is 11.1 Å². The number of aliphatic hydroxyl groups is 1. The van der Waals surface area contributed by atoms with Crippen molar-refractivity contribution in [1.29, 1.82) is 0 Å². The van der Waals surface area contributed by atoms with Crippen LogP contribution in [0.25, 0.3) is 0 Å². The van der Waals surface area contributed by atoms with E-state index in [0.717, 1.165) is 18.3 Å².